The Hall–Kier alpha value is -3.11. The van der Waals surface area contributed by atoms with Gasteiger partial charge in [0.2, 0.25) is 11.8 Å². The molecule has 3 rings (SSSR count). The molecule has 0 aromatic heterocycles. The minimum absolute atomic E-state index is 0.0673. The van der Waals surface area contributed by atoms with E-state index in [9.17, 15) is 9.59 Å². The molecule has 0 spiro atoms. The van der Waals surface area contributed by atoms with Crippen LogP contribution in [0.25, 0.3) is 0 Å². The topological polar surface area (TPSA) is 49.4 Å². The normalized spacial score (nSPS) is 11.8. The third-order valence-corrected chi connectivity index (χ3v) is 5.67. The van der Waals surface area contributed by atoms with Gasteiger partial charge in [-0.2, -0.15) is 0 Å². The van der Waals surface area contributed by atoms with Crippen molar-refractivity contribution in [1.29, 1.82) is 0 Å². The van der Waals surface area contributed by atoms with E-state index >= 15 is 0 Å². The molecule has 0 aliphatic rings. The Morgan fingerprint density at radius 3 is 2.06 bits per heavy atom. The maximum atomic E-state index is 13.6. The molecular weight excluding hydrogens is 432 g/mol. The predicted octanol–water partition coefficient (Wildman–Crippen LogP) is 5.81. The minimum Gasteiger partial charge on any atom is -0.354 e. The summed E-state index contributed by atoms with van der Waals surface area (Å²) < 4.78 is 0. The fourth-order valence-corrected chi connectivity index (χ4v) is 3.79. The van der Waals surface area contributed by atoms with Crippen LogP contribution in [0.1, 0.15) is 43.0 Å². The molecule has 0 heterocycles. The second kappa shape index (κ2) is 12.2. The molecule has 172 valence electrons. The van der Waals surface area contributed by atoms with E-state index in [2.05, 4.69) is 5.32 Å². The lowest BCUT2D eigenvalue weighted by Crippen LogP contribution is -2.44. The van der Waals surface area contributed by atoms with E-state index in [1.54, 1.807) is 17.0 Å². The van der Waals surface area contributed by atoms with Crippen LogP contribution >= 0.6 is 11.6 Å². The van der Waals surface area contributed by atoms with Crippen LogP contribution in [0.15, 0.2) is 84.9 Å². The Morgan fingerprint density at radius 1 is 0.848 bits per heavy atom. The van der Waals surface area contributed by atoms with E-state index in [1.165, 1.54) is 0 Å². The second-order valence-electron chi connectivity index (χ2n) is 8.59. The molecule has 0 saturated heterocycles. The summed E-state index contributed by atoms with van der Waals surface area (Å²) in [6, 6.07) is 26.1. The summed E-state index contributed by atoms with van der Waals surface area (Å²) >= 11 is 6.06. The molecule has 5 heteroatoms. The monoisotopic (exact) mass is 462 g/mol. The second-order valence-corrected chi connectivity index (χ2v) is 9.02. The lowest BCUT2D eigenvalue weighted by Gasteiger charge is -2.32. The van der Waals surface area contributed by atoms with Gasteiger partial charge in [-0.3, -0.25) is 9.59 Å². The highest BCUT2D eigenvalue weighted by atomic mass is 35.5. The maximum Gasteiger partial charge on any atom is 0.247 e. The Kier molecular flexibility index (Phi) is 9.08. The zero-order valence-corrected chi connectivity index (χ0v) is 20.0. The zero-order chi connectivity index (χ0) is 23.6. The van der Waals surface area contributed by atoms with E-state index in [4.69, 9.17) is 11.6 Å². The highest BCUT2D eigenvalue weighted by Gasteiger charge is 2.31. The summed E-state index contributed by atoms with van der Waals surface area (Å²) in [6.45, 7) is 4.97. The molecule has 3 aromatic rings. The van der Waals surface area contributed by atoms with Crippen LogP contribution in [0, 0.1) is 5.92 Å². The van der Waals surface area contributed by atoms with Gasteiger partial charge in [-0.25, -0.2) is 0 Å². The summed E-state index contributed by atoms with van der Waals surface area (Å²) in [5.41, 5.74) is 2.81. The average Bonchev–Trinajstić information content (AvgIpc) is 2.83. The van der Waals surface area contributed by atoms with Crippen LogP contribution < -0.4 is 5.32 Å². The molecule has 0 radical (unpaired) electrons. The minimum atomic E-state index is -0.719. The largest absolute Gasteiger partial charge is 0.354 e. The van der Waals surface area contributed by atoms with Crippen LogP contribution in [-0.4, -0.2) is 23.3 Å². The molecular formula is C28H31ClN2O2. The molecule has 0 fully saturated rings. The number of hydrogen-bond acceptors (Lipinski definition) is 2. The van der Waals surface area contributed by atoms with Gasteiger partial charge in [0.1, 0.15) is 6.04 Å². The van der Waals surface area contributed by atoms with Crippen molar-refractivity contribution >= 4 is 23.4 Å². The lowest BCUT2D eigenvalue weighted by molar-refractivity contribution is -0.141. The highest BCUT2D eigenvalue weighted by molar-refractivity contribution is 6.30. The number of hydrogen-bond donors (Lipinski definition) is 1. The highest BCUT2D eigenvalue weighted by Crippen LogP contribution is 2.25. The van der Waals surface area contributed by atoms with Gasteiger partial charge in [-0.15, -0.1) is 0 Å². The molecule has 33 heavy (non-hydrogen) atoms. The number of rotatable bonds is 10. The van der Waals surface area contributed by atoms with Crippen molar-refractivity contribution in [2.24, 2.45) is 5.92 Å². The number of halogens is 1. The van der Waals surface area contributed by atoms with Gasteiger partial charge in [0.15, 0.2) is 0 Å². The van der Waals surface area contributed by atoms with E-state index < -0.39 is 6.04 Å². The average molecular weight is 463 g/mol. The summed E-state index contributed by atoms with van der Waals surface area (Å²) in [7, 11) is 0. The van der Waals surface area contributed by atoms with Crippen molar-refractivity contribution < 1.29 is 9.59 Å². The number of nitrogens with one attached hydrogen (secondary N) is 1. The maximum absolute atomic E-state index is 13.6. The van der Waals surface area contributed by atoms with Crippen LogP contribution in [0.4, 0.5) is 0 Å². The molecule has 2 amide bonds. The SMILES string of the molecule is CC(C)CNC(=O)[C@@H](c1ccccc1)N(Cc1ccc(Cl)cc1)C(=O)CCc1ccccc1. The summed E-state index contributed by atoms with van der Waals surface area (Å²) in [5.74, 6) is 0.0724. The number of nitrogens with zero attached hydrogens (tertiary/aromatic N) is 1. The van der Waals surface area contributed by atoms with Gasteiger partial charge in [0, 0.05) is 24.5 Å². The Balaban J connectivity index is 1.92. The van der Waals surface area contributed by atoms with Crippen molar-refractivity contribution in [3.05, 3.63) is 107 Å². The van der Waals surface area contributed by atoms with Gasteiger partial charge in [0.05, 0.1) is 0 Å². The molecule has 3 aromatic carbocycles. The first-order valence-corrected chi connectivity index (χ1v) is 11.7. The van der Waals surface area contributed by atoms with Crippen molar-refractivity contribution in [3.8, 4) is 0 Å². The molecule has 0 bridgehead atoms. The van der Waals surface area contributed by atoms with Crippen molar-refractivity contribution in [2.45, 2.75) is 39.3 Å². The van der Waals surface area contributed by atoms with Gasteiger partial charge < -0.3 is 10.2 Å². The van der Waals surface area contributed by atoms with E-state index in [0.717, 1.165) is 16.7 Å². The number of carbonyl (C=O) groups is 2. The molecule has 1 N–H and O–H groups in total. The quantitative estimate of drug-likeness (QED) is 0.413. The molecule has 0 aliphatic heterocycles. The Bertz CT molecular complexity index is 1020. The van der Waals surface area contributed by atoms with Gasteiger partial charge in [-0.05, 0) is 41.2 Å². The molecule has 0 saturated carbocycles. The molecule has 4 nitrogen and oxygen atoms in total. The third kappa shape index (κ3) is 7.47. The van der Waals surface area contributed by atoms with Crippen molar-refractivity contribution in [1.82, 2.24) is 10.2 Å². The predicted molar refractivity (Wildman–Crippen MR) is 134 cm³/mol. The van der Waals surface area contributed by atoms with Crippen molar-refractivity contribution in [3.63, 3.8) is 0 Å². The standard InChI is InChI=1S/C28H31ClN2O2/c1-21(2)19-30-28(33)27(24-11-7-4-8-12-24)31(20-23-13-16-25(29)17-14-23)26(32)18-15-22-9-5-3-6-10-22/h3-14,16-17,21,27H,15,18-20H2,1-2H3,(H,30,33)/t27-/m1/s1. The number of amides is 2. The van der Waals surface area contributed by atoms with Gasteiger partial charge >= 0.3 is 0 Å². The Morgan fingerprint density at radius 2 is 1.45 bits per heavy atom. The van der Waals surface area contributed by atoms with Crippen LogP contribution in [0.5, 0.6) is 0 Å². The third-order valence-electron chi connectivity index (χ3n) is 5.42. The van der Waals surface area contributed by atoms with Gasteiger partial charge in [-0.1, -0.05) is 98.2 Å². The zero-order valence-electron chi connectivity index (χ0n) is 19.2. The van der Waals surface area contributed by atoms with Crippen LogP contribution in [0.2, 0.25) is 5.02 Å². The first-order chi connectivity index (χ1) is 15.9. The smallest absolute Gasteiger partial charge is 0.247 e. The summed E-state index contributed by atoms with van der Waals surface area (Å²) in [6.07, 6.45) is 0.935. The number of benzene rings is 3. The molecule has 1 atom stereocenters. The van der Waals surface area contributed by atoms with E-state index in [-0.39, 0.29) is 11.8 Å². The first kappa shape index (κ1) is 24.5. The van der Waals surface area contributed by atoms with Gasteiger partial charge in [0.25, 0.3) is 0 Å². The van der Waals surface area contributed by atoms with E-state index in [1.807, 2.05) is 86.6 Å². The van der Waals surface area contributed by atoms with Crippen LogP contribution in [-0.2, 0) is 22.6 Å². The van der Waals surface area contributed by atoms with E-state index in [0.29, 0.717) is 36.9 Å². The number of aryl methyl sites for hydroxylation is 1. The first-order valence-electron chi connectivity index (χ1n) is 11.3. The summed E-state index contributed by atoms with van der Waals surface area (Å²) in [5, 5.41) is 3.67. The van der Waals surface area contributed by atoms with Crippen molar-refractivity contribution in [2.75, 3.05) is 6.54 Å². The lowest BCUT2D eigenvalue weighted by atomic mass is 10.0. The molecule has 0 unspecified atom stereocenters. The van der Waals surface area contributed by atoms with Crippen LogP contribution in [0.3, 0.4) is 0 Å². The fourth-order valence-electron chi connectivity index (χ4n) is 3.66. The number of carbonyl (C=O) groups excluding carboxylic acids is 2. The summed E-state index contributed by atoms with van der Waals surface area (Å²) in [4.78, 5) is 28.6. The molecule has 0 aliphatic carbocycles. The Labute approximate surface area is 201 Å². The fraction of sp³-hybridized carbons (Fsp3) is 0.286.